The minimum Gasteiger partial charge on any atom is -0.352 e. The van der Waals surface area contributed by atoms with Gasteiger partial charge in [-0.25, -0.2) is 8.78 Å². The van der Waals surface area contributed by atoms with Crippen LogP contribution in [-0.4, -0.2) is 16.9 Å². The maximum Gasteiger partial charge on any atom is 0.221 e. The first-order valence-electron chi connectivity index (χ1n) is 8.33. The lowest BCUT2D eigenvalue weighted by Gasteiger charge is -2.08. The highest BCUT2D eigenvalue weighted by Gasteiger charge is 2.18. The molecule has 0 saturated carbocycles. The molecule has 0 radical (unpaired) electrons. The molecule has 138 valence electrons. The molecule has 1 aromatic heterocycles. The van der Waals surface area contributed by atoms with Crippen LogP contribution in [0, 0.1) is 23.0 Å². The molecule has 2 N–H and O–H groups in total. The molecule has 0 saturated heterocycles. The van der Waals surface area contributed by atoms with Crippen LogP contribution in [0.2, 0.25) is 5.02 Å². The number of amides is 1. The molecule has 1 atom stereocenters. The summed E-state index contributed by atoms with van der Waals surface area (Å²) >= 11 is 6.00. The molecule has 2 aromatic carbocycles. The number of aromatic nitrogens is 1. The summed E-state index contributed by atoms with van der Waals surface area (Å²) in [6, 6.07) is 9.98. The summed E-state index contributed by atoms with van der Waals surface area (Å²) in [6.45, 7) is 1.59. The lowest BCUT2D eigenvalue weighted by molar-refractivity contribution is -0.121. The Morgan fingerprint density at radius 3 is 2.67 bits per heavy atom. The van der Waals surface area contributed by atoms with Crippen molar-refractivity contribution >= 4 is 28.4 Å². The van der Waals surface area contributed by atoms with Crippen molar-refractivity contribution in [1.29, 1.82) is 5.26 Å². The van der Waals surface area contributed by atoms with E-state index in [2.05, 4.69) is 10.3 Å². The molecule has 4 nitrogen and oxygen atoms in total. The van der Waals surface area contributed by atoms with Crippen LogP contribution in [0.3, 0.4) is 0 Å². The summed E-state index contributed by atoms with van der Waals surface area (Å²) in [6.07, 6.45) is 0.414. The van der Waals surface area contributed by atoms with Gasteiger partial charge in [0.05, 0.1) is 11.6 Å². The molecule has 1 amide bonds. The van der Waals surface area contributed by atoms with Gasteiger partial charge >= 0.3 is 0 Å². The minimum atomic E-state index is -0.594. The number of nitrogens with zero attached hydrogens (tertiary/aromatic N) is 1. The van der Waals surface area contributed by atoms with E-state index in [-0.39, 0.29) is 28.7 Å². The van der Waals surface area contributed by atoms with E-state index in [0.29, 0.717) is 28.6 Å². The molecule has 7 heteroatoms. The summed E-state index contributed by atoms with van der Waals surface area (Å²) in [5, 5.41) is 12.2. The molecule has 0 fully saturated rings. The number of aromatic amines is 1. The first-order valence-corrected chi connectivity index (χ1v) is 8.71. The third-order valence-electron chi connectivity index (χ3n) is 4.24. The van der Waals surface area contributed by atoms with Crippen molar-refractivity contribution in [3.05, 3.63) is 58.6 Å². The lowest BCUT2D eigenvalue weighted by Crippen LogP contribution is -2.31. The van der Waals surface area contributed by atoms with E-state index in [9.17, 15) is 13.6 Å². The number of carbonyl (C=O) groups is 1. The first kappa shape index (κ1) is 18.9. The van der Waals surface area contributed by atoms with Crippen LogP contribution in [0.1, 0.15) is 18.9 Å². The minimum absolute atomic E-state index is 0.112. The van der Waals surface area contributed by atoms with Gasteiger partial charge in [0.25, 0.3) is 0 Å². The molecule has 0 spiro atoms. The molecular formula is C20H16ClF2N3O. The smallest absolute Gasteiger partial charge is 0.221 e. The number of nitriles is 1. The molecular weight excluding hydrogens is 372 g/mol. The number of fused-ring (bicyclic) bond motifs is 1. The van der Waals surface area contributed by atoms with Gasteiger partial charge in [0.15, 0.2) is 0 Å². The van der Waals surface area contributed by atoms with E-state index in [1.54, 1.807) is 25.1 Å². The number of halogens is 3. The molecule has 3 aromatic rings. The molecule has 0 aliphatic heterocycles. The number of hydrogen-bond acceptors (Lipinski definition) is 2. The van der Waals surface area contributed by atoms with Crippen molar-refractivity contribution in [2.75, 3.05) is 0 Å². The Labute approximate surface area is 159 Å². The van der Waals surface area contributed by atoms with Crippen LogP contribution in [0.4, 0.5) is 8.78 Å². The van der Waals surface area contributed by atoms with Crippen LogP contribution in [0.5, 0.6) is 0 Å². The zero-order valence-corrected chi connectivity index (χ0v) is 15.2. The van der Waals surface area contributed by atoms with Gasteiger partial charge in [0.1, 0.15) is 17.7 Å². The van der Waals surface area contributed by atoms with Gasteiger partial charge in [0.2, 0.25) is 5.91 Å². The second-order valence-electron chi connectivity index (χ2n) is 6.21. The quantitative estimate of drug-likeness (QED) is 0.664. The highest BCUT2D eigenvalue weighted by atomic mass is 35.5. The Kier molecular flexibility index (Phi) is 5.43. The number of benzene rings is 2. The van der Waals surface area contributed by atoms with Gasteiger partial charge in [-0.1, -0.05) is 11.6 Å². The second kappa shape index (κ2) is 7.77. The average Bonchev–Trinajstić information content (AvgIpc) is 2.99. The Hall–Kier alpha value is -2.91. The zero-order valence-electron chi connectivity index (χ0n) is 14.4. The summed E-state index contributed by atoms with van der Waals surface area (Å²) in [4.78, 5) is 15.1. The van der Waals surface area contributed by atoms with Crippen molar-refractivity contribution in [2.45, 2.75) is 25.8 Å². The van der Waals surface area contributed by atoms with Crippen LogP contribution in [0.25, 0.3) is 22.2 Å². The number of carbonyl (C=O) groups excluding carboxylic acids is 1. The van der Waals surface area contributed by atoms with Gasteiger partial charge in [0, 0.05) is 22.5 Å². The second-order valence-corrected chi connectivity index (χ2v) is 6.65. The molecule has 1 heterocycles. The molecule has 1 unspecified atom stereocenters. The molecule has 0 aliphatic rings. The predicted octanol–water partition coefficient (Wildman–Crippen LogP) is 4.73. The number of aryl methyl sites for hydroxylation is 1. The van der Waals surface area contributed by atoms with E-state index >= 15 is 0 Å². The van der Waals surface area contributed by atoms with Crippen molar-refractivity contribution < 1.29 is 13.6 Å². The topological polar surface area (TPSA) is 68.7 Å². The Morgan fingerprint density at radius 2 is 2.00 bits per heavy atom. The number of hydrogen-bond donors (Lipinski definition) is 2. The summed E-state index contributed by atoms with van der Waals surface area (Å²) in [5.74, 6) is -1.17. The first-order chi connectivity index (χ1) is 12.9. The molecule has 27 heavy (non-hydrogen) atoms. The van der Waals surface area contributed by atoms with E-state index in [1.807, 2.05) is 6.07 Å². The number of rotatable bonds is 5. The number of H-pyrrole nitrogens is 1. The molecule has 0 aliphatic carbocycles. The van der Waals surface area contributed by atoms with Crippen LogP contribution in [0.15, 0.2) is 36.4 Å². The Morgan fingerprint density at radius 1 is 1.30 bits per heavy atom. The maximum atomic E-state index is 14.3. The fourth-order valence-electron chi connectivity index (χ4n) is 2.98. The molecule has 3 rings (SSSR count). The van der Waals surface area contributed by atoms with E-state index < -0.39 is 11.9 Å². The maximum absolute atomic E-state index is 14.3. The zero-order chi connectivity index (χ0) is 19.6. The van der Waals surface area contributed by atoms with Crippen molar-refractivity contribution in [3.8, 4) is 17.3 Å². The van der Waals surface area contributed by atoms with Gasteiger partial charge in [-0.2, -0.15) is 5.26 Å². The highest BCUT2D eigenvalue weighted by Crippen LogP contribution is 2.34. The van der Waals surface area contributed by atoms with Crippen molar-refractivity contribution in [3.63, 3.8) is 0 Å². The predicted molar refractivity (Wildman–Crippen MR) is 100 cm³/mol. The Balaban J connectivity index is 2.02. The van der Waals surface area contributed by atoms with Gasteiger partial charge < -0.3 is 10.3 Å². The van der Waals surface area contributed by atoms with E-state index in [0.717, 1.165) is 0 Å². The summed E-state index contributed by atoms with van der Waals surface area (Å²) < 4.78 is 27.6. The highest BCUT2D eigenvalue weighted by molar-refractivity contribution is 6.31. The third kappa shape index (κ3) is 4.09. The van der Waals surface area contributed by atoms with Gasteiger partial charge in [-0.15, -0.1) is 0 Å². The van der Waals surface area contributed by atoms with Gasteiger partial charge in [-0.05, 0) is 60.9 Å². The fraction of sp³-hybridized carbons (Fsp3) is 0.200. The largest absolute Gasteiger partial charge is 0.352 e. The Bertz CT molecular complexity index is 1040. The van der Waals surface area contributed by atoms with Crippen molar-refractivity contribution in [1.82, 2.24) is 10.3 Å². The normalized spacial score (nSPS) is 12.0. The number of nitrogens with one attached hydrogen (secondary N) is 2. The lowest BCUT2D eigenvalue weighted by atomic mass is 10.0. The van der Waals surface area contributed by atoms with Crippen molar-refractivity contribution in [2.24, 2.45) is 0 Å². The third-order valence-corrected chi connectivity index (χ3v) is 4.46. The van der Waals surface area contributed by atoms with E-state index in [1.165, 1.54) is 18.2 Å². The standard InChI is InChI=1S/C20H16ClF2N3O/c1-11(10-24)25-18(27)7-6-15-16-8-13(21)9-17(23)20(16)26-19(15)12-2-4-14(22)5-3-12/h2-5,8-9,11,26H,6-7H2,1H3,(H,25,27). The van der Waals surface area contributed by atoms with Gasteiger partial charge in [-0.3, -0.25) is 4.79 Å². The average molecular weight is 388 g/mol. The monoisotopic (exact) mass is 387 g/mol. The summed E-state index contributed by atoms with van der Waals surface area (Å²) in [5.41, 5.74) is 2.26. The van der Waals surface area contributed by atoms with E-state index in [4.69, 9.17) is 16.9 Å². The molecule has 0 bridgehead atoms. The summed E-state index contributed by atoms with van der Waals surface area (Å²) in [7, 11) is 0. The fourth-order valence-corrected chi connectivity index (χ4v) is 3.19. The SMILES string of the molecule is CC(C#N)NC(=O)CCc1c(-c2ccc(F)cc2)[nH]c2c(F)cc(Cl)cc12. The van der Waals surface area contributed by atoms with Crippen LogP contribution in [-0.2, 0) is 11.2 Å². The van der Waals surface area contributed by atoms with Crippen LogP contribution >= 0.6 is 11.6 Å². The van der Waals surface area contributed by atoms with Crippen LogP contribution < -0.4 is 5.32 Å².